The van der Waals surface area contributed by atoms with Crippen LogP contribution in [0.2, 0.25) is 5.02 Å². The summed E-state index contributed by atoms with van der Waals surface area (Å²) in [6.45, 7) is 3.25. The minimum absolute atomic E-state index is 0.0489. The first-order valence-electron chi connectivity index (χ1n) is 8.82. The van der Waals surface area contributed by atoms with Gasteiger partial charge < -0.3 is 10.2 Å². The number of hydrogen-bond donors (Lipinski definition) is 2. The molecule has 26 heavy (non-hydrogen) atoms. The molecule has 4 amide bonds. The highest BCUT2D eigenvalue weighted by molar-refractivity contribution is 6.31. The van der Waals surface area contributed by atoms with Crippen LogP contribution in [0.3, 0.4) is 0 Å². The summed E-state index contributed by atoms with van der Waals surface area (Å²) in [6, 6.07) is 7.39. The Bertz CT molecular complexity index is 689. The Labute approximate surface area is 157 Å². The van der Waals surface area contributed by atoms with Crippen molar-refractivity contribution >= 4 is 29.4 Å². The van der Waals surface area contributed by atoms with Crippen molar-refractivity contribution in [3.63, 3.8) is 0 Å². The molecular weight excluding hydrogens is 356 g/mol. The average molecular weight is 379 g/mol. The summed E-state index contributed by atoms with van der Waals surface area (Å²) in [5.41, 5.74) is 1.14. The molecule has 2 aliphatic heterocycles. The minimum Gasteiger partial charge on any atom is -0.354 e. The van der Waals surface area contributed by atoms with Crippen LogP contribution >= 0.6 is 11.6 Å². The van der Waals surface area contributed by atoms with Gasteiger partial charge in [-0.1, -0.05) is 29.8 Å². The number of piperidine rings is 1. The number of hydrogen-bond acceptors (Lipinski definition) is 4. The van der Waals surface area contributed by atoms with Crippen molar-refractivity contribution in [1.82, 2.24) is 20.4 Å². The predicted molar refractivity (Wildman–Crippen MR) is 97.6 cm³/mol. The number of halogens is 1. The molecule has 0 aliphatic carbocycles. The van der Waals surface area contributed by atoms with Crippen LogP contribution in [0.4, 0.5) is 4.79 Å². The van der Waals surface area contributed by atoms with Crippen molar-refractivity contribution in [1.29, 1.82) is 0 Å². The van der Waals surface area contributed by atoms with Gasteiger partial charge in [-0.05, 0) is 43.5 Å². The summed E-state index contributed by atoms with van der Waals surface area (Å²) in [5, 5.41) is 5.83. The van der Waals surface area contributed by atoms with Crippen molar-refractivity contribution in [2.45, 2.75) is 19.4 Å². The molecule has 1 aromatic rings. The van der Waals surface area contributed by atoms with Crippen LogP contribution in [0.15, 0.2) is 24.3 Å². The highest BCUT2D eigenvalue weighted by Gasteiger charge is 2.28. The van der Waals surface area contributed by atoms with Crippen molar-refractivity contribution in [3.05, 3.63) is 34.9 Å². The molecular formula is C18H23ClN4O3. The Hall–Kier alpha value is -2.12. The van der Waals surface area contributed by atoms with Crippen LogP contribution in [-0.4, -0.2) is 60.4 Å². The number of carbonyl (C=O) groups is 3. The first kappa shape index (κ1) is 18.7. The van der Waals surface area contributed by atoms with Gasteiger partial charge in [0.05, 0.1) is 0 Å². The molecule has 1 aromatic carbocycles. The van der Waals surface area contributed by atoms with Gasteiger partial charge in [0.1, 0.15) is 13.1 Å². The van der Waals surface area contributed by atoms with E-state index in [9.17, 15) is 14.4 Å². The van der Waals surface area contributed by atoms with Crippen molar-refractivity contribution in [2.24, 2.45) is 5.92 Å². The number of benzene rings is 1. The van der Waals surface area contributed by atoms with Crippen LogP contribution in [0.1, 0.15) is 18.4 Å². The van der Waals surface area contributed by atoms with Crippen LogP contribution in [0.25, 0.3) is 0 Å². The van der Waals surface area contributed by atoms with Crippen LogP contribution < -0.4 is 10.6 Å². The van der Waals surface area contributed by atoms with Gasteiger partial charge in [0, 0.05) is 18.1 Å². The molecule has 0 unspecified atom stereocenters. The molecule has 2 N–H and O–H groups in total. The van der Waals surface area contributed by atoms with Crippen molar-refractivity contribution in [2.75, 3.05) is 32.7 Å². The van der Waals surface area contributed by atoms with E-state index in [1.54, 1.807) is 0 Å². The zero-order valence-electron chi connectivity index (χ0n) is 14.5. The van der Waals surface area contributed by atoms with Gasteiger partial charge in [0.25, 0.3) is 0 Å². The maximum atomic E-state index is 12.0. The number of likely N-dealkylation sites (tertiary alicyclic amines) is 1. The summed E-state index contributed by atoms with van der Waals surface area (Å²) >= 11 is 6.22. The standard InChI is InChI=1S/C18H23ClN4O3/c19-15-4-2-1-3-14(15)10-22-7-5-13(6-8-22)9-20-16(24)11-23-12-17(25)21-18(23)26/h1-4,13H,5-12H2,(H,20,24)(H,21,25,26). The summed E-state index contributed by atoms with van der Waals surface area (Å²) in [6.07, 6.45) is 2.01. The third-order valence-corrected chi connectivity index (χ3v) is 5.22. The van der Waals surface area contributed by atoms with E-state index >= 15 is 0 Å². The zero-order valence-corrected chi connectivity index (χ0v) is 15.3. The van der Waals surface area contributed by atoms with Gasteiger partial charge in [-0.15, -0.1) is 0 Å². The highest BCUT2D eigenvalue weighted by atomic mass is 35.5. The summed E-state index contributed by atoms with van der Waals surface area (Å²) in [5.74, 6) is -0.169. The minimum atomic E-state index is -0.502. The van der Waals surface area contributed by atoms with E-state index in [2.05, 4.69) is 15.5 Å². The lowest BCUT2D eigenvalue weighted by molar-refractivity contribution is -0.122. The smallest absolute Gasteiger partial charge is 0.325 e. The molecule has 2 aliphatic rings. The lowest BCUT2D eigenvalue weighted by Crippen LogP contribution is -2.42. The Kier molecular flexibility index (Phi) is 6.11. The SMILES string of the molecule is O=C(CN1CC(=O)NC1=O)NCC1CCN(Cc2ccccc2Cl)CC1. The van der Waals surface area contributed by atoms with Crippen molar-refractivity contribution in [3.8, 4) is 0 Å². The lowest BCUT2D eigenvalue weighted by Gasteiger charge is -2.32. The molecule has 0 aromatic heterocycles. The quantitative estimate of drug-likeness (QED) is 0.729. The highest BCUT2D eigenvalue weighted by Crippen LogP contribution is 2.21. The predicted octanol–water partition coefficient (Wildman–Crippen LogP) is 1.22. The van der Waals surface area contributed by atoms with Gasteiger partial charge in [-0.2, -0.15) is 0 Å². The zero-order chi connectivity index (χ0) is 18.5. The van der Waals surface area contributed by atoms with Crippen LogP contribution in [0.5, 0.6) is 0 Å². The van der Waals surface area contributed by atoms with Crippen LogP contribution in [0, 0.1) is 5.92 Å². The summed E-state index contributed by atoms with van der Waals surface area (Å²) in [7, 11) is 0. The Balaban J connectivity index is 1.36. The second-order valence-electron chi connectivity index (χ2n) is 6.82. The van der Waals surface area contributed by atoms with E-state index in [4.69, 9.17) is 11.6 Å². The molecule has 2 heterocycles. The summed E-state index contributed by atoms with van der Waals surface area (Å²) in [4.78, 5) is 38.1. The first-order valence-corrected chi connectivity index (χ1v) is 9.20. The molecule has 3 rings (SSSR count). The average Bonchev–Trinajstić information content (AvgIpc) is 2.93. The second kappa shape index (κ2) is 8.51. The topological polar surface area (TPSA) is 81.8 Å². The number of nitrogens with zero attached hydrogens (tertiary/aromatic N) is 2. The number of urea groups is 1. The van der Waals surface area contributed by atoms with Gasteiger partial charge in [-0.3, -0.25) is 19.8 Å². The fraction of sp³-hybridized carbons (Fsp3) is 0.500. The van der Waals surface area contributed by atoms with E-state index in [0.29, 0.717) is 12.5 Å². The maximum Gasteiger partial charge on any atom is 0.325 e. The van der Waals surface area contributed by atoms with E-state index in [1.165, 1.54) is 4.90 Å². The van der Waals surface area contributed by atoms with Crippen LogP contribution in [-0.2, 0) is 16.1 Å². The molecule has 2 saturated heterocycles. The molecule has 7 nitrogen and oxygen atoms in total. The number of nitrogens with one attached hydrogen (secondary N) is 2. The molecule has 0 spiro atoms. The van der Waals surface area contributed by atoms with E-state index < -0.39 is 6.03 Å². The Morgan fingerprint density at radius 1 is 1.23 bits per heavy atom. The van der Waals surface area contributed by atoms with Gasteiger partial charge in [0.15, 0.2) is 0 Å². The number of imide groups is 1. The molecule has 140 valence electrons. The fourth-order valence-corrected chi connectivity index (χ4v) is 3.51. The lowest BCUT2D eigenvalue weighted by atomic mass is 9.96. The third kappa shape index (κ3) is 4.95. The van der Waals surface area contributed by atoms with Gasteiger partial charge >= 0.3 is 6.03 Å². The fourth-order valence-electron chi connectivity index (χ4n) is 3.31. The van der Waals surface area contributed by atoms with Gasteiger partial charge in [-0.25, -0.2) is 4.79 Å². The van der Waals surface area contributed by atoms with Crippen molar-refractivity contribution < 1.29 is 14.4 Å². The molecule has 8 heteroatoms. The number of rotatable bonds is 6. The normalized spacial score (nSPS) is 18.9. The Morgan fingerprint density at radius 3 is 2.62 bits per heavy atom. The largest absolute Gasteiger partial charge is 0.354 e. The molecule has 0 saturated carbocycles. The number of amides is 4. The van der Waals surface area contributed by atoms with E-state index in [1.807, 2.05) is 24.3 Å². The van der Waals surface area contributed by atoms with Gasteiger partial charge in [0.2, 0.25) is 11.8 Å². The van der Waals surface area contributed by atoms with E-state index in [-0.39, 0.29) is 24.9 Å². The monoisotopic (exact) mass is 378 g/mol. The summed E-state index contributed by atoms with van der Waals surface area (Å²) < 4.78 is 0. The Morgan fingerprint density at radius 2 is 1.96 bits per heavy atom. The molecule has 0 radical (unpaired) electrons. The molecule has 0 atom stereocenters. The third-order valence-electron chi connectivity index (χ3n) is 4.85. The maximum absolute atomic E-state index is 12.0. The van der Waals surface area contributed by atoms with E-state index in [0.717, 1.165) is 43.1 Å². The molecule has 0 bridgehead atoms. The molecule has 2 fully saturated rings. The first-order chi connectivity index (χ1) is 12.5. The number of carbonyl (C=O) groups excluding carboxylic acids is 3. The second-order valence-corrected chi connectivity index (χ2v) is 7.23.